The lowest BCUT2D eigenvalue weighted by molar-refractivity contribution is -0.146. The van der Waals surface area contributed by atoms with Crippen LogP contribution in [0.15, 0.2) is 23.1 Å². The number of thioether (sulfide) groups is 1. The fraction of sp³-hybridized carbons (Fsp3) is 0.520. The van der Waals surface area contributed by atoms with Crippen LogP contribution in [0.25, 0.3) is 6.08 Å². The lowest BCUT2D eigenvalue weighted by atomic mass is 10.1. The molecule has 0 unspecified atom stereocenters. The molecule has 2 N–H and O–H groups in total. The number of aliphatic carboxylic acids is 2. The number of amides is 1. The molecule has 2 rings (SSSR count). The Morgan fingerprint density at radius 1 is 1.14 bits per heavy atom. The fourth-order valence-corrected chi connectivity index (χ4v) is 5.06. The van der Waals surface area contributed by atoms with Gasteiger partial charge < -0.3 is 19.7 Å². The van der Waals surface area contributed by atoms with Gasteiger partial charge in [-0.05, 0) is 50.0 Å². The molecule has 0 aromatic heterocycles. The first-order chi connectivity index (χ1) is 16.7. The Morgan fingerprint density at radius 2 is 1.86 bits per heavy atom. The normalized spacial score (nSPS) is 16.4. The lowest BCUT2D eigenvalue weighted by Crippen LogP contribution is -2.44. The van der Waals surface area contributed by atoms with Crippen molar-refractivity contribution < 1.29 is 34.1 Å². The molecular formula is C25H33NO7S2. The summed E-state index contributed by atoms with van der Waals surface area (Å²) in [6.07, 6.45) is 7.97. The summed E-state index contributed by atoms with van der Waals surface area (Å²) in [5, 5.41) is 18.4. The molecule has 0 radical (unpaired) electrons. The summed E-state index contributed by atoms with van der Waals surface area (Å²) in [5.41, 5.74) is 0.666. The van der Waals surface area contributed by atoms with Gasteiger partial charge in [0.15, 0.2) is 11.5 Å². The molecule has 0 saturated carbocycles. The van der Waals surface area contributed by atoms with Gasteiger partial charge in [0.25, 0.3) is 5.91 Å². The zero-order chi connectivity index (χ0) is 26.0. The predicted octanol–water partition coefficient (Wildman–Crippen LogP) is 5.34. The van der Waals surface area contributed by atoms with Crippen LogP contribution in [0.4, 0.5) is 0 Å². The molecule has 1 aromatic rings. The van der Waals surface area contributed by atoms with Crippen LogP contribution in [0.1, 0.15) is 70.8 Å². The maximum absolute atomic E-state index is 12.9. The van der Waals surface area contributed by atoms with Crippen LogP contribution in [0.5, 0.6) is 11.5 Å². The summed E-state index contributed by atoms with van der Waals surface area (Å²) in [4.78, 5) is 36.7. The van der Waals surface area contributed by atoms with E-state index in [0.717, 1.165) is 29.5 Å². The average Bonchev–Trinajstić information content (AvgIpc) is 3.07. The van der Waals surface area contributed by atoms with Gasteiger partial charge in [-0.3, -0.25) is 14.5 Å². The van der Waals surface area contributed by atoms with Gasteiger partial charge in [0.2, 0.25) is 0 Å². The number of carbonyl (C=O) groups excluding carboxylic acids is 1. The standard InChI is InChI=1S/C25H33NO7S2/c1-4-5-6-7-8-9-16(2)33-19-12-10-17(14-20(19)32-3)15-21-23(29)26(25(34)35-21)18(24(30)31)11-13-22(27)28/h10,12,14-16,18H,4-9,11,13H2,1-3H3,(H,27,28)(H,30,31)/b21-15+/t16-,18+/m0/s1. The van der Waals surface area contributed by atoms with E-state index in [9.17, 15) is 19.5 Å². The van der Waals surface area contributed by atoms with Crippen molar-refractivity contribution in [2.45, 2.75) is 77.4 Å². The minimum atomic E-state index is -1.33. The number of carboxylic acids is 2. The molecule has 35 heavy (non-hydrogen) atoms. The second-order valence-electron chi connectivity index (χ2n) is 8.38. The number of carboxylic acid groups (broad SMARTS) is 2. The second kappa shape index (κ2) is 14.1. The Hall–Kier alpha value is -2.59. The van der Waals surface area contributed by atoms with Gasteiger partial charge in [-0.15, -0.1) is 0 Å². The summed E-state index contributed by atoms with van der Waals surface area (Å²) in [5.74, 6) is -1.87. The highest BCUT2D eigenvalue weighted by Crippen LogP contribution is 2.36. The van der Waals surface area contributed by atoms with Gasteiger partial charge >= 0.3 is 11.9 Å². The van der Waals surface area contributed by atoms with Gasteiger partial charge in [-0.25, -0.2) is 4.79 Å². The van der Waals surface area contributed by atoms with Gasteiger partial charge in [0.1, 0.15) is 10.4 Å². The van der Waals surface area contributed by atoms with E-state index in [-0.39, 0.29) is 28.2 Å². The zero-order valence-electron chi connectivity index (χ0n) is 20.3. The molecule has 1 aliphatic heterocycles. The highest BCUT2D eigenvalue weighted by molar-refractivity contribution is 8.26. The van der Waals surface area contributed by atoms with Gasteiger partial charge in [-0.1, -0.05) is 62.7 Å². The van der Waals surface area contributed by atoms with Crippen molar-refractivity contribution in [3.63, 3.8) is 0 Å². The summed E-state index contributed by atoms with van der Waals surface area (Å²) in [6.45, 7) is 4.22. The Balaban J connectivity index is 2.11. The predicted molar refractivity (Wildman–Crippen MR) is 140 cm³/mol. The molecule has 0 bridgehead atoms. The molecule has 0 aliphatic carbocycles. The van der Waals surface area contributed by atoms with E-state index < -0.39 is 23.9 Å². The molecule has 1 heterocycles. The largest absolute Gasteiger partial charge is 0.493 e. The van der Waals surface area contributed by atoms with Crippen molar-refractivity contribution in [1.29, 1.82) is 0 Å². The van der Waals surface area contributed by atoms with E-state index in [1.807, 2.05) is 6.92 Å². The van der Waals surface area contributed by atoms with Crippen LogP contribution in [0.3, 0.4) is 0 Å². The van der Waals surface area contributed by atoms with Gasteiger partial charge in [0, 0.05) is 6.42 Å². The minimum Gasteiger partial charge on any atom is -0.493 e. The number of methoxy groups -OCH3 is 1. The number of hydrogen-bond donors (Lipinski definition) is 2. The van der Waals surface area contributed by atoms with Crippen molar-refractivity contribution in [2.75, 3.05) is 7.11 Å². The van der Waals surface area contributed by atoms with Gasteiger partial charge in [-0.2, -0.15) is 0 Å². The Morgan fingerprint density at radius 3 is 2.49 bits per heavy atom. The number of benzene rings is 1. The number of thiocarbonyl (C=S) groups is 1. The summed E-state index contributed by atoms with van der Waals surface area (Å²) in [6, 6.07) is 3.98. The Labute approximate surface area is 215 Å². The summed E-state index contributed by atoms with van der Waals surface area (Å²) >= 11 is 6.22. The van der Waals surface area contributed by atoms with E-state index in [4.69, 9.17) is 26.8 Å². The molecule has 10 heteroatoms. The number of carbonyl (C=O) groups is 3. The highest BCUT2D eigenvalue weighted by atomic mass is 32.2. The zero-order valence-corrected chi connectivity index (χ0v) is 22.0. The fourth-order valence-electron chi connectivity index (χ4n) is 3.71. The average molecular weight is 524 g/mol. The summed E-state index contributed by atoms with van der Waals surface area (Å²) < 4.78 is 11.6. The number of unbranched alkanes of at least 4 members (excludes halogenated alkanes) is 4. The summed E-state index contributed by atoms with van der Waals surface area (Å²) in [7, 11) is 1.54. The van der Waals surface area contributed by atoms with Crippen LogP contribution in [-0.4, -0.2) is 56.5 Å². The minimum absolute atomic E-state index is 0.0337. The van der Waals surface area contributed by atoms with E-state index in [0.29, 0.717) is 17.1 Å². The van der Waals surface area contributed by atoms with E-state index in [2.05, 4.69) is 6.92 Å². The van der Waals surface area contributed by atoms with E-state index in [1.165, 1.54) is 25.7 Å². The van der Waals surface area contributed by atoms with Crippen molar-refractivity contribution in [1.82, 2.24) is 4.90 Å². The molecular weight excluding hydrogens is 490 g/mol. The highest BCUT2D eigenvalue weighted by Gasteiger charge is 2.40. The van der Waals surface area contributed by atoms with E-state index >= 15 is 0 Å². The Kier molecular flexibility index (Phi) is 11.5. The van der Waals surface area contributed by atoms with Crippen molar-refractivity contribution in [3.05, 3.63) is 28.7 Å². The third-order valence-electron chi connectivity index (χ3n) is 5.58. The number of hydrogen-bond acceptors (Lipinski definition) is 7. The maximum Gasteiger partial charge on any atom is 0.326 e. The molecule has 1 saturated heterocycles. The van der Waals surface area contributed by atoms with Crippen LogP contribution in [0.2, 0.25) is 0 Å². The molecule has 8 nitrogen and oxygen atoms in total. The van der Waals surface area contributed by atoms with E-state index in [1.54, 1.807) is 31.4 Å². The van der Waals surface area contributed by atoms with Crippen molar-refractivity contribution >= 4 is 52.2 Å². The first-order valence-corrected chi connectivity index (χ1v) is 13.0. The van der Waals surface area contributed by atoms with Crippen LogP contribution in [0, 0.1) is 0 Å². The quantitative estimate of drug-likeness (QED) is 0.179. The Bertz CT molecular complexity index is 963. The number of nitrogens with zero attached hydrogens (tertiary/aromatic N) is 1. The van der Waals surface area contributed by atoms with Gasteiger partial charge in [0.05, 0.1) is 18.1 Å². The SMILES string of the molecule is CCCCCCC[C@H](C)Oc1ccc(/C=C2/SC(=S)N([C@H](CCC(=O)O)C(=O)O)C2=O)cc1OC. The molecule has 192 valence electrons. The third-order valence-corrected chi connectivity index (χ3v) is 6.91. The molecule has 2 atom stereocenters. The first-order valence-electron chi connectivity index (χ1n) is 11.7. The van der Waals surface area contributed by atoms with Crippen LogP contribution in [-0.2, 0) is 14.4 Å². The van der Waals surface area contributed by atoms with Crippen LogP contribution >= 0.6 is 24.0 Å². The molecule has 1 amide bonds. The molecule has 1 fully saturated rings. The first kappa shape index (κ1) is 28.6. The smallest absolute Gasteiger partial charge is 0.326 e. The maximum atomic E-state index is 12.9. The van der Waals surface area contributed by atoms with Crippen molar-refractivity contribution in [3.8, 4) is 11.5 Å². The van der Waals surface area contributed by atoms with Crippen molar-refractivity contribution in [2.24, 2.45) is 0 Å². The monoisotopic (exact) mass is 523 g/mol. The second-order valence-corrected chi connectivity index (χ2v) is 10.1. The van der Waals surface area contributed by atoms with Crippen LogP contribution < -0.4 is 9.47 Å². The lowest BCUT2D eigenvalue weighted by Gasteiger charge is -2.22. The third kappa shape index (κ3) is 8.54. The number of ether oxygens (including phenoxy) is 2. The number of rotatable bonds is 15. The molecule has 1 aromatic carbocycles. The molecule has 1 aliphatic rings. The molecule has 0 spiro atoms. The topological polar surface area (TPSA) is 113 Å².